The average molecular weight is 204 g/mol. The molecule has 0 heterocycles. The van der Waals surface area contributed by atoms with Crippen molar-refractivity contribution in [3.63, 3.8) is 0 Å². The topological polar surface area (TPSA) is 26.3 Å². The molecular formula is C13H16O2. The van der Waals surface area contributed by atoms with Gasteiger partial charge in [-0.1, -0.05) is 29.8 Å². The van der Waals surface area contributed by atoms with Crippen LogP contribution in [-0.2, 0) is 15.1 Å². The van der Waals surface area contributed by atoms with Crippen molar-refractivity contribution in [1.29, 1.82) is 0 Å². The van der Waals surface area contributed by atoms with E-state index in [0.717, 1.165) is 31.2 Å². The van der Waals surface area contributed by atoms with E-state index >= 15 is 0 Å². The molecule has 2 rings (SSSR count). The zero-order valence-electron chi connectivity index (χ0n) is 9.03. The minimum Gasteiger partial charge on any atom is -0.456 e. The average Bonchev–Trinajstić information content (AvgIpc) is 2.69. The largest absolute Gasteiger partial charge is 0.456 e. The van der Waals surface area contributed by atoms with E-state index in [-0.39, 0.29) is 5.60 Å². The number of ether oxygens (including phenoxy) is 1. The van der Waals surface area contributed by atoms with Crippen LogP contribution in [0.1, 0.15) is 36.8 Å². The van der Waals surface area contributed by atoms with E-state index in [2.05, 4.69) is 31.2 Å². The van der Waals surface area contributed by atoms with Gasteiger partial charge in [-0.05, 0) is 38.2 Å². The maximum atomic E-state index is 10.6. The van der Waals surface area contributed by atoms with Gasteiger partial charge in [0.25, 0.3) is 6.47 Å². The summed E-state index contributed by atoms with van der Waals surface area (Å²) in [5, 5.41) is 0. The molecular weight excluding hydrogens is 188 g/mol. The lowest BCUT2D eigenvalue weighted by Crippen LogP contribution is -2.25. The molecule has 1 aromatic rings. The molecule has 0 unspecified atom stereocenters. The van der Waals surface area contributed by atoms with Crippen LogP contribution in [-0.4, -0.2) is 6.47 Å². The second-order valence-electron chi connectivity index (χ2n) is 4.28. The molecule has 0 saturated heterocycles. The van der Waals surface area contributed by atoms with Crippen LogP contribution < -0.4 is 0 Å². The molecule has 80 valence electrons. The Morgan fingerprint density at radius 3 is 2.33 bits per heavy atom. The number of rotatable bonds is 3. The molecule has 0 spiro atoms. The Balaban J connectivity index is 2.31. The molecule has 0 amide bonds. The minimum absolute atomic E-state index is 0.338. The molecule has 0 radical (unpaired) electrons. The van der Waals surface area contributed by atoms with E-state index in [4.69, 9.17) is 4.74 Å². The van der Waals surface area contributed by atoms with Crippen LogP contribution in [0.15, 0.2) is 24.3 Å². The molecule has 0 bridgehead atoms. The number of hydrogen-bond donors (Lipinski definition) is 0. The Morgan fingerprint density at radius 1 is 1.20 bits per heavy atom. The Kier molecular flexibility index (Phi) is 2.76. The predicted molar refractivity (Wildman–Crippen MR) is 58.5 cm³/mol. The van der Waals surface area contributed by atoms with Crippen molar-refractivity contribution in [2.75, 3.05) is 0 Å². The maximum absolute atomic E-state index is 10.6. The van der Waals surface area contributed by atoms with Gasteiger partial charge in [0.1, 0.15) is 5.60 Å². The lowest BCUT2D eigenvalue weighted by atomic mass is 9.91. The first kappa shape index (κ1) is 10.2. The Labute approximate surface area is 90.3 Å². The summed E-state index contributed by atoms with van der Waals surface area (Å²) in [6, 6.07) is 8.29. The minimum atomic E-state index is -0.338. The summed E-state index contributed by atoms with van der Waals surface area (Å²) in [4.78, 5) is 10.6. The quantitative estimate of drug-likeness (QED) is 0.707. The fourth-order valence-electron chi connectivity index (χ4n) is 2.37. The van der Waals surface area contributed by atoms with Crippen molar-refractivity contribution in [3.8, 4) is 0 Å². The number of carbonyl (C=O) groups is 1. The summed E-state index contributed by atoms with van der Waals surface area (Å²) < 4.78 is 5.34. The Bertz CT molecular complexity index is 334. The van der Waals surface area contributed by atoms with Crippen molar-refractivity contribution < 1.29 is 9.53 Å². The zero-order valence-corrected chi connectivity index (χ0v) is 9.03. The van der Waals surface area contributed by atoms with E-state index in [1.165, 1.54) is 5.56 Å². The van der Waals surface area contributed by atoms with Crippen LogP contribution in [0.5, 0.6) is 0 Å². The first-order chi connectivity index (χ1) is 7.27. The molecule has 15 heavy (non-hydrogen) atoms. The predicted octanol–water partition coefficient (Wildman–Crippen LogP) is 2.94. The van der Waals surface area contributed by atoms with Crippen molar-refractivity contribution in [1.82, 2.24) is 0 Å². The van der Waals surface area contributed by atoms with Gasteiger partial charge < -0.3 is 4.74 Å². The highest BCUT2D eigenvalue weighted by atomic mass is 16.5. The molecule has 1 saturated carbocycles. The van der Waals surface area contributed by atoms with Gasteiger partial charge in [-0.25, -0.2) is 0 Å². The Hall–Kier alpha value is -1.31. The molecule has 1 aliphatic carbocycles. The highest BCUT2D eigenvalue weighted by Gasteiger charge is 2.37. The molecule has 0 N–H and O–H groups in total. The third kappa shape index (κ3) is 1.89. The summed E-state index contributed by atoms with van der Waals surface area (Å²) in [5.74, 6) is 0. The molecule has 0 aliphatic heterocycles. The van der Waals surface area contributed by atoms with Crippen molar-refractivity contribution in [3.05, 3.63) is 35.4 Å². The van der Waals surface area contributed by atoms with E-state index in [0.29, 0.717) is 6.47 Å². The summed E-state index contributed by atoms with van der Waals surface area (Å²) in [6.07, 6.45) is 4.19. The molecule has 1 aromatic carbocycles. The highest BCUT2D eigenvalue weighted by Crippen LogP contribution is 2.41. The van der Waals surface area contributed by atoms with Crippen LogP contribution in [0, 0.1) is 6.92 Å². The smallest absolute Gasteiger partial charge is 0.293 e. The van der Waals surface area contributed by atoms with Crippen LogP contribution in [0.3, 0.4) is 0 Å². The van der Waals surface area contributed by atoms with E-state index in [9.17, 15) is 4.79 Å². The van der Waals surface area contributed by atoms with Gasteiger partial charge in [-0.15, -0.1) is 0 Å². The van der Waals surface area contributed by atoms with Gasteiger partial charge in [0.15, 0.2) is 0 Å². The fraction of sp³-hybridized carbons (Fsp3) is 0.462. The number of hydrogen-bond acceptors (Lipinski definition) is 2. The van der Waals surface area contributed by atoms with Gasteiger partial charge in [0.2, 0.25) is 0 Å². The molecule has 0 atom stereocenters. The van der Waals surface area contributed by atoms with Crippen LogP contribution >= 0.6 is 0 Å². The summed E-state index contributed by atoms with van der Waals surface area (Å²) in [6.45, 7) is 2.65. The normalized spacial score (nSPS) is 18.7. The lowest BCUT2D eigenvalue weighted by molar-refractivity contribution is -0.144. The summed E-state index contributed by atoms with van der Waals surface area (Å²) in [5.41, 5.74) is 2.03. The number of benzene rings is 1. The van der Waals surface area contributed by atoms with Crippen molar-refractivity contribution in [2.45, 2.75) is 38.2 Å². The highest BCUT2D eigenvalue weighted by molar-refractivity contribution is 5.41. The third-order valence-corrected chi connectivity index (χ3v) is 3.26. The molecule has 2 nitrogen and oxygen atoms in total. The van der Waals surface area contributed by atoms with Gasteiger partial charge >= 0.3 is 0 Å². The maximum Gasteiger partial charge on any atom is 0.293 e. The van der Waals surface area contributed by atoms with Gasteiger partial charge in [-0.3, -0.25) is 4.79 Å². The Morgan fingerprint density at radius 2 is 1.80 bits per heavy atom. The number of aryl methyl sites for hydroxylation is 1. The van der Waals surface area contributed by atoms with Crippen LogP contribution in [0.2, 0.25) is 0 Å². The first-order valence-corrected chi connectivity index (χ1v) is 5.45. The molecule has 1 fully saturated rings. The van der Waals surface area contributed by atoms with E-state index in [1.54, 1.807) is 0 Å². The van der Waals surface area contributed by atoms with Crippen LogP contribution in [0.25, 0.3) is 0 Å². The van der Waals surface area contributed by atoms with Crippen LogP contribution in [0.4, 0.5) is 0 Å². The third-order valence-electron chi connectivity index (χ3n) is 3.26. The van der Waals surface area contributed by atoms with Crippen molar-refractivity contribution >= 4 is 6.47 Å². The van der Waals surface area contributed by atoms with E-state index in [1.807, 2.05) is 0 Å². The number of carbonyl (C=O) groups excluding carboxylic acids is 1. The molecule has 2 heteroatoms. The molecule has 1 aliphatic rings. The summed E-state index contributed by atoms with van der Waals surface area (Å²) >= 11 is 0. The second kappa shape index (κ2) is 4.05. The fourth-order valence-corrected chi connectivity index (χ4v) is 2.37. The SMILES string of the molecule is Cc1ccc(C2(OC=O)CCCC2)cc1. The monoisotopic (exact) mass is 204 g/mol. The van der Waals surface area contributed by atoms with Gasteiger partial charge in [-0.2, -0.15) is 0 Å². The van der Waals surface area contributed by atoms with Crippen molar-refractivity contribution in [2.24, 2.45) is 0 Å². The van der Waals surface area contributed by atoms with Gasteiger partial charge in [0, 0.05) is 0 Å². The molecule has 0 aromatic heterocycles. The standard InChI is InChI=1S/C13H16O2/c1-11-4-6-12(7-5-11)13(15-10-14)8-2-3-9-13/h4-7,10H,2-3,8-9H2,1H3. The first-order valence-electron chi connectivity index (χ1n) is 5.45. The van der Waals surface area contributed by atoms with E-state index < -0.39 is 0 Å². The summed E-state index contributed by atoms with van der Waals surface area (Å²) in [7, 11) is 0. The second-order valence-corrected chi connectivity index (χ2v) is 4.28. The lowest BCUT2D eigenvalue weighted by Gasteiger charge is -2.27. The van der Waals surface area contributed by atoms with Gasteiger partial charge in [0.05, 0.1) is 0 Å². The zero-order chi connectivity index (χ0) is 10.7.